The topological polar surface area (TPSA) is 104 Å². The molecule has 2 unspecified atom stereocenters. The molecule has 2 aromatic carbocycles. The molecule has 8 rings (SSSR count). The molecule has 51 heavy (non-hydrogen) atoms. The standard InChI is InChI=1S/C34H45N3O.C7H4F3NO2/c1-3-4-5-6-7-8-9-14-35-33-19-25-16-26(20-33)22-34(21-25,23-33)37-32(38)28-12-13-30-29(18-28)17-27-11-10-24(2)15-31(27)36-30;8-7(9,10)5-3-1-2-4(11-5)6(12)13/h10-13,15,17-18,25-26,35H,3-9,14,16,19-23H2,1-2H3,(H,37,38);1-3H,(H,12,13). The molecule has 0 spiro atoms. The number of benzene rings is 2. The van der Waals surface area contributed by atoms with Crippen molar-refractivity contribution < 1.29 is 27.9 Å². The Bertz CT molecular complexity index is 1860. The van der Waals surface area contributed by atoms with E-state index >= 15 is 0 Å². The zero-order valence-electron chi connectivity index (χ0n) is 29.6. The van der Waals surface area contributed by atoms with E-state index in [9.17, 15) is 22.8 Å². The molecule has 4 bridgehead atoms. The lowest BCUT2D eigenvalue weighted by molar-refractivity contribution is -0.141. The molecule has 2 atom stereocenters. The molecule has 0 aliphatic heterocycles. The van der Waals surface area contributed by atoms with Crippen LogP contribution in [0, 0.1) is 18.8 Å². The highest BCUT2D eigenvalue weighted by molar-refractivity contribution is 6.00. The van der Waals surface area contributed by atoms with Crippen LogP contribution in [-0.2, 0) is 6.18 Å². The number of aromatic carboxylic acids is 1. The van der Waals surface area contributed by atoms with Gasteiger partial charge in [-0.1, -0.05) is 63.6 Å². The van der Waals surface area contributed by atoms with E-state index in [1.54, 1.807) is 0 Å². The number of nitrogens with one attached hydrogen (secondary N) is 2. The number of aromatic nitrogens is 2. The molecule has 2 heterocycles. The van der Waals surface area contributed by atoms with E-state index < -0.39 is 23.5 Å². The number of nitrogens with zero attached hydrogens (tertiary/aromatic N) is 2. The van der Waals surface area contributed by atoms with Gasteiger partial charge in [0.05, 0.1) is 11.0 Å². The van der Waals surface area contributed by atoms with Crippen molar-refractivity contribution >= 4 is 33.7 Å². The molecule has 4 saturated carbocycles. The number of hydrogen-bond donors (Lipinski definition) is 3. The smallest absolute Gasteiger partial charge is 0.433 e. The third kappa shape index (κ3) is 8.88. The Morgan fingerprint density at radius 1 is 0.824 bits per heavy atom. The summed E-state index contributed by atoms with van der Waals surface area (Å²) in [4.78, 5) is 31.7. The predicted molar refractivity (Wildman–Crippen MR) is 194 cm³/mol. The first-order valence-corrected chi connectivity index (χ1v) is 18.5. The highest BCUT2D eigenvalue weighted by Crippen LogP contribution is 2.57. The summed E-state index contributed by atoms with van der Waals surface area (Å²) in [5, 5.41) is 18.2. The number of halogens is 3. The van der Waals surface area contributed by atoms with Crippen molar-refractivity contribution in [3.05, 3.63) is 83.2 Å². The summed E-state index contributed by atoms with van der Waals surface area (Å²) in [6, 6.07) is 17.3. The summed E-state index contributed by atoms with van der Waals surface area (Å²) in [6.45, 7) is 5.51. The van der Waals surface area contributed by atoms with Crippen LogP contribution in [0.2, 0.25) is 0 Å². The Hall–Kier alpha value is -4.05. The van der Waals surface area contributed by atoms with Gasteiger partial charge in [-0.05, 0) is 118 Å². The summed E-state index contributed by atoms with van der Waals surface area (Å²) in [6.07, 6.45) is 12.2. The zero-order valence-corrected chi connectivity index (χ0v) is 29.6. The first-order chi connectivity index (χ1) is 24.4. The molecule has 1 amide bonds. The van der Waals surface area contributed by atoms with Gasteiger partial charge < -0.3 is 15.7 Å². The Labute approximate surface area is 297 Å². The zero-order chi connectivity index (χ0) is 36.2. The molecule has 0 radical (unpaired) electrons. The number of rotatable bonds is 12. The van der Waals surface area contributed by atoms with Crippen molar-refractivity contribution in [3.8, 4) is 0 Å². The van der Waals surface area contributed by atoms with Crippen LogP contribution in [0.4, 0.5) is 13.2 Å². The molecule has 7 nitrogen and oxygen atoms in total. The van der Waals surface area contributed by atoms with Crippen LogP contribution in [-0.4, -0.2) is 44.6 Å². The van der Waals surface area contributed by atoms with Gasteiger partial charge >= 0.3 is 12.1 Å². The van der Waals surface area contributed by atoms with Gasteiger partial charge in [-0.3, -0.25) is 4.79 Å². The number of unbranched alkanes of at least 4 members (excludes halogenated alkanes) is 6. The van der Waals surface area contributed by atoms with Crippen LogP contribution in [0.25, 0.3) is 21.8 Å². The molecule has 10 heteroatoms. The van der Waals surface area contributed by atoms with Gasteiger partial charge in [-0.25, -0.2) is 14.8 Å². The minimum absolute atomic E-state index is 0.0531. The Balaban J connectivity index is 0.000000292. The number of pyridine rings is 2. The fourth-order valence-electron chi connectivity index (χ4n) is 9.16. The van der Waals surface area contributed by atoms with Gasteiger partial charge in [0.2, 0.25) is 0 Å². The number of hydrogen-bond acceptors (Lipinski definition) is 5. The average Bonchev–Trinajstić information content (AvgIpc) is 3.07. The summed E-state index contributed by atoms with van der Waals surface area (Å²) in [7, 11) is 0. The summed E-state index contributed by atoms with van der Waals surface area (Å²) in [5.74, 6) is 0.0913. The summed E-state index contributed by atoms with van der Waals surface area (Å²) < 4.78 is 35.9. The number of aryl methyl sites for hydroxylation is 1. The van der Waals surface area contributed by atoms with Crippen LogP contribution in [0.15, 0.2) is 60.7 Å². The van der Waals surface area contributed by atoms with Crippen molar-refractivity contribution in [3.63, 3.8) is 0 Å². The number of carbonyl (C=O) groups is 2. The second kappa shape index (κ2) is 15.3. The maximum Gasteiger partial charge on any atom is 0.433 e. The fourth-order valence-corrected chi connectivity index (χ4v) is 9.16. The van der Waals surface area contributed by atoms with E-state index in [-0.39, 0.29) is 17.0 Å². The van der Waals surface area contributed by atoms with Crippen molar-refractivity contribution in [2.24, 2.45) is 11.8 Å². The number of carbonyl (C=O) groups excluding carboxylic acids is 1. The molecule has 4 aromatic rings. The lowest BCUT2D eigenvalue weighted by atomic mass is 9.50. The number of alkyl halides is 3. The van der Waals surface area contributed by atoms with Gasteiger partial charge in [0, 0.05) is 27.4 Å². The molecule has 2 aromatic heterocycles. The summed E-state index contributed by atoms with van der Waals surface area (Å²) in [5.41, 5.74) is 2.28. The molecular weight excluding hydrogens is 653 g/mol. The first-order valence-electron chi connectivity index (χ1n) is 18.5. The molecule has 4 aliphatic rings. The second-order valence-corrected chi connectivity index (χ2v) is 15.3. The normalized spacial score (nSPS) is 23.6. The molecule has 272 valence electrons. The molecule has 4 aliphatic carbocycles. The van der Waals surface area contributed by atoms with Crippen molar-refractivity contribution in [1.29, 1.82) is 0 Å². The summed E-state index contributed by atoms with van der Waals surface area (Å²) >= 11 is 0. The average molecular weight is 703 g/mol. The van der Waals surface area contributed by atoms with Crippen LogP contribution in [0.1, 0.15) is 122 Å². The van der Waals surface area contributed by atoms with Gasteiger partial charge in [-0.2, -0.15) is 13.2 Å². The first kappa shape index (κ1) is 36.7. The number of carboxylic acid groups (broad SMARTS) is 1. The highest BCUT2D eigenvalue weighted by Gasteiger charge is 2.58. The third-order valence-electron chi connectivity index (χ3n) is 11.0. The third-order valence-corrected chi connectivity index (χ3v) is 11.0. The van der Waals surface area contributed by atoms with Crippen LogP contribution < -0.4 is 10.6 Å². The second-order valence-electron chi connectivity index (χ2n) is 15.3. The Morgan fingerprint density at radius 2 is 1.53 bits per heavy atom. The number of fused-ring (bicyclic) bond motifs is 2. The quantitative estimate of drug-likeness (QED) is 0.100. The Morgan fingerprint density at radius 3 is 2.24 bits per heavy atom. The minimum atomic E-state index is -4.61. The van der Waals surface area contributed by atoms with Crippen LogP contribution >= 0.6 is 0 Å². The number of amides is 1. The van der Waals surface area contributed by atoms with Gasteiger partial charge in [0.1, 0.15) is 11.4 Å². The van der Waals surface area contributed by atoms with Crippen molar-refractivity contribution in [1.82, 2.24) is 20.6 Å². The minimum Gasteiger partial charge on any atom is -0.477 e. The molecular formula is C41H49F3N4O3. The van der Waals surface area contributed by atoms with E-state index in [0.717, 1.165) is 77.1 Å². The lowest BCUT2D eigenvalue weighted by Crippen LogP contribution is -2.69. The number of carboxylic acids is 1. The fraction of sp³-hybridized carbons (Fsp3) is 0.512. The Kier molecular flexibility index (Phi) is 11.0. The monoisotopic (exact) mass is 702 g/mol. The van der Waals surface area contributed by atoms with Crippen molar-refractivity contribution in [2.45, 2.75) is 115 Å². The lowest BCUT2D eigenvalue weighted by Gasteiger charge is -2.62. The van der Waals surface area contributed by atoms with Crippen LogP contribution in [0.3, 0.4) is 0 Å². The molecule has 0 saturated heterocycles. The van der Waals surface area contributed by atoms with Gasteiger partial charge in [0.15, 0.2) is 0 Å². The molecule has 4 fully saturated rings. The molecule has 3 N–H and O–H groups in total. The SMILES string of the molecule is CCCCCCCCCNC12CC3CC(C1)CC(NC(=O)c1ccc4nc5cc(C)ccc5cc4c1)(C3)C2.O=C(O)c1cccc(C(F)(F)F)n1. The van der Waals surface area contributed by atoms with Crippen LogP contribution in [0.5, 0.6) is 0 Å². The van der Waals surface area contributed by atoms with E-state index in [1.807, 2.05) is 18.2 Å². The van der Waals surface area contributed by atoms with Gasteiger partial charge in [0.25, 0.3) is 5.91 Å². The highest BCUT2D eigenvalue weighted by atomic mass is 19.4. The predicted octanol–water partition coefficient (Wildman–Crippen LogP) is 9.66. The maximum absolute atomic E-state index is 13.6. The van der Waals surface area contributed by atoms with E-state index in [2.05, 4.69) is 53.7 Å². The van der Waals surface area contributed by atoms with Crippen molar-refractivity contribution in [2.75, 3.05) is 6.54 Å². The largest absolute Gasteiger partial charge is 0.477 e. The van der Waals surface area contributed by atoms with E-state index in [0.29, 0.717) is 6.07 Å². The maximum atomic E-state index is 13.6. The van der Waals surface area contributed by atoms with E-state index in [4.69, 9.17) is 10.1 Å². The van der Waals surface area contributed by atoms with Gasteiger partial charge in [-0.15, -0.1) is 0 Å². The van der Waals surface area contributed by atoms with E-state index in [1.165, 1.54) is 69.8 Å².